The number of nitrogens with zero attached hydrogens (tertiary/aromatic N) is 5. The number of hydrogen-bond donors (Lipinski definition) is 3. The Morgan fingerprint density at radius 1 is 1.26 bits per heavy atom. The van der Waals surface area contributed by atoms with Crippen LogP contribution in [0, 0.1) is 0 Å². The van der Waals surface area contributed by atoms with Gasteiger partial charge in [0.1, 0.15) is 6.33 Å². The van der Waals surface area contributed by atoms with Gasteiger partial charge in [0.25, 0.3) is 0 Å². The normalized spacial score (nSPS) is 10.6. The van der Waals surface area contributed by atoms with E-state index in [2.05, 4.69) is 30.7 Å². The van der Waals surface area contributed by atoms with Crippen molar-refractivity contribution >= 4 is 17.3 Å². The summed E-state index contributed by atoms with van der Waals surface area (Å²) in [5.41, 5.74) is 4.12. The molecule has 0 bridgehead atoms. The fourth-order valence-corrected chi connectivity index (χ4v) is 1.72. The molecule has 3 rings (SSSR count). The Hall–Kier alpha value is -2.74. The van der Waals surface area contributed by atoms with E-state index in [4.69, 9.17) is 5.84 Å². The summed E-state index contributed by atoms with van der Waals surface area (Å²) in [6, 6.07) is 1.83. The SMILES string of the molecule is NNc1cn2ccnc2c(NCc2ccncn2)n1. The molecule has 8 heteroatoms. The molecular formula is C11H12N8. The first-order valence-corrected chi connectivity index (χ1v) is 5.66. The average Bonchev–Trinajstić information content (AvgIpc) is 2.94. The van der Waals surface area contributed by atoms with Gasteiger partial charge in [-0.25, -0.2) is 25.8 Å². The number of rotatable bonds is 4. The van der Waals surface area contributed by atoms with Crippen molar-refractivity contribution in [2.45, 2.75) is 6.54 Å². The van der Waals surface area contributed by atoms with E-state index in [1.165, 1.54) is 6.33 Å². The van der Waals surface area contributed by atoms with Crippen LogP contribution in [0.1, 0.15) is 5.69 Å². The molecule has 0 saturated carbocycles. The van der Waals surface area contributed by atoms with Gasteiger partial charge in [-0.05, 0) is 6.07 Å². The van der Waals surface area contributed by atoms with Crippen LogP contribution >= 0.6 is 0 Å². The van der Waals surface area contributed by atoms with Crippen LogP contribution in [-0.4, -0.2) is 24.3 Å². The first-order chi connectivity index (χ1) is 9.36. The lowest BCUT2D eigenvalue weighted by atomic mass is 10.4. The topological polar surface area (TPSA) is 106 Å². The second-order valence-electron chi connectivity index (χ2n) is 3.83. The Balaban J connectivity index is 1.89. The molecule has 0 fully saturated rings. The number of hydrogen-bond acceptors (Lipinski definition) is 7. The summed E-state index contributed by atoms with van der Waals surface area (Å²) in [7, 11) is 0. The molecule has 0 aliphatic heterocycles. The van der Waals surface area contributed by atoms with Crippen LogP contribution in [-0.2, 0) is 6.54 Å². The first-order valence-electron chi connectivity index (χ1n) is 5.66. The minimum Gasteiger partial charge on any atom is -0.361 e. The van der Waals surface area contributed by atoms with E-state index in [1.807, 2.05) is 16.7 Å². The van der Waals surface area contributed by atoms with E-state index in [-0.39, 0.29) is 0 Å². The zero-order valence-electron chi connectivity index (χ0n) is 9.98. The highest BCUT2D eigenvalue weighted by molar-refractivity contribution is 5.65. The molecule has 0 amide bonds. The van der Waals surface area contributed by atoms with E-state index < -0.39 is 0 Å². The summed E-state index contributed by atoms with van der Waals surface area (Å²) in [6.45, 7) is 0.534. The van der Waals surface area contributed by atoms with E-state index in [9.17, 15) is 0 Å². The second-order valence-corrected chi connectivity index (χ2v) is 3.83. The molecule has 0 saturated heterocycles. The highest BCUT2D eigenvalue weighted by Gasteiger charge is 2.06. The zero-order valence-corrected chi connectivity index (χ0v) is 9.98. The number of fused-ring (bicyclic) bond motifs is 1. The smallest absolute Gasteiger partial charge is 0.180 e. The molecule has 19 heavy (non-hydrogen) atoms. The number of imidazole rings is 1. The molecule has 4 N–H and O–H groups in total. The Morgan fingerprint density at radius 2 is 2.21 bits per heavy atom. The van der Waals surface area contributed by atoms with E-state index in [1.54, 1.807) is 18.6 Å². The molecule has 0 unspecified atom stereocenters. The molecule has 0 atom stereocenters. The lowest BCUT2D eigenvalue weighted by Gasteiger charge is -2.08. The number of nitrogen functional groups attached to an aromatic ring is 1. The van der Waals surface area contributed by atoms with Crippen molar-refractivity contribution in [2.75, 3.05) is 10.7 Å². The van der Waals surface area contributed by atoms with Crippen molar-refractivity contribution in [1.82, 2.24) is 24.3 Å². The Bertz CT molecular complexity index is 677. The van der Waals surface area contributed by atoms with E-state index in [0.717, 1.165) is 11.3 Å². The zero-order chi connectivity index (χ0) is 13.1. The minimum absolute atomic E-state index is 0.534. The van der Waals surface area contributed by atoms with Crippen LogP contribution in [0.5, 0.6) is 0 Å². The lowest BCUT2D eigenvalue weighted by Crippen LogP contribution is -2.12. The predicted molar refractivity (Wildman–Crippen MR) is 70.2 cm³/mol. The summed E-state index contributed by atoms with van der Waals surface area (Å²) in [5, 5.41) is 3.18. The Labute approximate surface area is 108 Å². The monoisotopic (exact) mass is 256 g/mol. The van der Waals surface area contributed by atoms with E-state index in [0.29, 0.717) is 18.2 Å². The lowest BCUT2D eigenvalue weighted by molar-refractivity contribution is 0.989. The summed E-state index contributed by atoms with van der Waals surface area (Å²) >= 11 is 0. The van der Waals surface area contributed by atoms with Crippen molar-refractivity contribution in [1.29, 1.82) is 0 Å². The molecule has 0 spiro atoms. The molecular weight excluding hydrogens is 244 g/mol. The van der Waals surface area contributed by atoms with Crippen LogP contribution in [0.4, 0.5) is 11.6 Å². The van der Waals surface area contributed by atoms with Crippen LogP contribution in [0.2, 0.25) is 0 Å². The molecule has 0 aromatic carbocycles. The molecule has 0 aliphatic rings. The Kier molecular flexibility index (Phi) is 2.91. The van der Waals surface area contributed by atoms with Gasteiger partial charge in [0.2, 0.25) is 0 Å². The van der Waals surface area contributed by atoms with Crippen LogP contribution in [0.3, 0.4) is 0 Å². The fraction of sp³-hybridized carbons (Fsp3) is 0.0909. The van der Waals surface area contributed by atoms with Crippen molar-refractivity contribution in [3.63, 3.8) is 0 Å². The quantitative estimate of drug-likeness (QED) is 0.458. The number of aromatic nitrogens is 5. The fourth-order valence-electron chi connectivity index (χ4n) is 1.72. The number of anilines is 2. The standard InChI is InChI=1S/C11H12N8/c12-18-9-6-19-4-3-14-11(19)10(17-9)15-5-8-1-2-13-7-16-8/h1-4,6-7,18H,5,12H2,(H,15,17). The molecule has 0 aliphatic carbocycles. The van der Waals surface area contributed by atoms with Gasteiger partial charge in [0.05, 0.1) is 18.4 Å². The van der Waals surface area contributed by atoms with Gasteiger partial charge in [0, 0.05) is 18.6 Å². The van der Waals surface area contributed by atoms with Crippen LogP contribution in [0.15, 0.2) is 37.2 Å². The highest BCUT2D eigenvalue weighted by Crippen LogP contribution is 2.16. The molecule has 8 nitrogen and oxygen atoms in total. The third kappa shape index (κ3) is 2.29. The molecule has 3 aromatic heterocycles. The van der Waals surface area contributed by atoms with Gasteiger partial charge in [0.15, 0.2) is 17.3 Å². The number of nitrogens with one attached hydrogen (secondary N) is 2. The van der Waals surface area contributed by atoms with Crippen molar-refractivity contribution in [3.8, 4) is 0 Å². The van der Waals surface area contributed by atoms with Gasteiger partial charge in [-0.2, -0.15) is 0 Å². The predicted octanol–water partition coefficient (Wildman–Crippen LogP) is 0.417. The number of hydrazine groups is 1. The Morgan fingerprint density at radius 3 is 3.00 bits per heavy atom. The van der Waals surface area contributed by atoms with Crippen molar-refractivity contribution < 1.29 is 0 Å². The largest absolute Gasteiger partial charge is 0.361 e. The van der Waals surface area contributed by atoms with Gasteiger partial charge in [-0.15, -0.1) is 0 Å². The minimum atomic E-state index is 0.534. The number of nitrogens with two attached hydrogens (primary N) is 1. The van der Waals surface area contributed by atoms with Crippen molar-refractivity contribution in [3.05, 3.63) is 42.9 Å². The summed E-state index contributed by atoms with van der Waals surface area (Å²) in [6.07, 6.45) is 8.49. The van der Waals surface area contributed by atoms with Crippen molar-refractivity contribution in [2.24, 2.45) is 5.84 Å². The molecule has 96 valence electrons. The van der Waals surface area contributed by atoms with Crippen LogP contribution in [0.25, 0.3) is 5.65 Å². The summed E-state index contributed by atoms with van der Waals surface area (Å²) in [5.74, 6) is 6.58. The molecule has 0 radical (unpaired) electrons. The van der Waals surface area contributed by atoms with Gasteiger partial charge < -0.3 is 15.1 Å². The van der Waals surface area contributed by atoms with Gasteiger partial charge >= 0.3 is 0 Å². The van der Waals surface area contributed by atoms with E-state index >= 15 is 0 Å². The average molecular weight is 256 g/mol. The van der Waals surface area contributed by atoms with Crippen LogP contribution < -0.4 is 16.6 Å². The third-order valence-corrected chi connectivity index (χ3v) is 2.60. The maximum absolute atomic E-state index is 5.39. The van der Waals surface area contributed by atoms with Gasteiger partial charge in [-0.3, -0.25) is 0 Å². The highest BCUT2D eigenvalue weighted by atomic mass is 15.3. The maximum Gasteiger partial charge on any atom is 0.180 e. The second kappa shape index (κ2) is 4.86. The molecule has 3 heterocycles. The third-order valence-electron chi connectivity index (χ3n) is 2.60. The summed E-state index contributed by atoms with van der Waals surface area (Å²) in [4.78, 5) is 16.6. The first kappa shape index (κ1) is 11.4. The molecule has 3 aromatic rings. The van der Waals surface area contributed by atoms with Gasteiger partial charge in [-0.1, -0.05) is 0 Å². The maximum atomic E-state index is 5.39. The summed E-state index contributed by atoms with van der Waals surface area (Å²) < 4.78 is 1.84.